The minimum absolute atomic E-state index is 0. The number of hydrogen-bond acceptors (Lipinski definition) is 3. The molecule has 0 aromatic carbocycles. The Kier molecular flexibility index (Phi) is 7.17. The number of halogens is 1. The topological polar surface area (TPSA) is 39.7 Å². The smallest absolute Gasteiger partial charge is 0.318 e. The lowest BCUT2D eigenvalue weighted by Gasteiger charge is -2.01. The molecule has 0 spiro atoms. The zero-order valence-corrected chi connectivity index (χ0v) is 11.5. The Morgan fingerprint density at radius 3 is 2.33 bits per heavy atom. The van der Waals surface area contributed by atoms with E-state index < -0.39 is 0 Å². The van der Waals surface area contributed by atoms with Gasteiger partial charge in [0.2, 0.25) is 0 Å². The van der Waals surface area contributed by atoms with Crippen molar-refractivity contribution >= 4 is 17.5 Å². The Hall–Kier alpha value is -0.740. The molecule has 80 valence electrons. The minimum Gasteiger partial charge on any atom is -1.00 e. The highest BCUT2D eigenvalue weighted by Crippen LogP contribution is 2.11. The normalized spacial score (nSPS) is 10.7. The first-order valence-electron chi connectivity index (χ1n) is 4.16. The second-order valence-electron chi connectivity index (χ2n) is 2.53. The van der Waals surface area contributed by atoms with Crippen molar-refractivity contribution in [3.63, 3.8) is 0 Å². The van der Waals surface area contributed by atoms with Crippen LogP contribution in [-0.2, 0) is 0 Å². The zero-order chi connectivity index (χ0) is 10.4. The summed E-state index contributed by atoms with van der Waals surface area (Å²) < 4.78 is 1.79. The highest BCUT2D eigenvalue weighted by Gasteiger charge is 2.14. The van der Waals surface area contributed by atoms with Gasteiger partial charge in [-0.25, -0.2) is 0 Å². The van der Waals surface area contributed by atoms with Crippen molar-refractivity contribution in [3.8, 4) is 6.07 Å². The second kappa shape index (κ2) is 7.54. The van der Waals surface area contributed by atoms with Gasteiger partial charge in [-0.15, -0.1) is 11.8 Å². The fraction of sp³-hybridized carbons (Fsp3) is 0.200. The van der Waals surface area contributed by atoms with E-state index in [0.29, 0.717) is 5.70 Å². The molecule has 0 saturated carbocycles. The maximum atomic E-state index is 9.03. The molecule has 0 aliphatic carbocycles. The van der Waals surface area contributed by atoms with Crippen LogP contribution in [0.2, 0.25) is 0 Å². The summed E-state index contributed by atoms with van der Waals surface area (Å²) in [4.78, 5) is 0. The van der Waals surface area contributed by atoms with E-state index in [9.17, 15) is 0 Å². The molecule has 0 amide bonds. The van der Waals surface area contributed by atoms with Crippen LogP contribution in [0, 0.1) is 11.3 Å². The predicted octanol–water partition coefficient (Wildman–Crippen LogP) is -1.79. The van der Waals surface area contributed by atoms with Gasteiger partial charge in [0, 0.05) is 19.2 Å². The van der Waals surface area contributed by atoms with Gasteiger partial charge in [-0.3, -0.25) is 0 Å². The van der Waals surface area contributed by atoms with Gasteiger partial charge in [-0.1, -0.05) is 6.07 Å². The van der Waals surface area contributed by atoms with Gasteiger partial charge in [0.15, 0.2) is 23.5 Å². The average Bonchev–Trinajstić information content (AvgIpc) is 2.27. The van der Waals surface area contributed by atoms with Gasteiger partial charge in [-0.05, 0) is 6.26 Å². The van der Waals surface area contributed by atoms with Crippen LogP contribution < -0.4 is 33.9 Å². The maximum Gasteiger partial charge on any atom is 0.318 e. The molecular weight excluding hydrogens is 321 g/mol. The zero-order valence-electron chi connectivity index (χ0n) is 8.57. The van der Waals surface area contributed by atoms with E-state index >= 15 is 0 Å². The molecule has 0 aliphatic heterocycles. The van der Waals surface area contributed by atoms with Crippen molar-refractivity contribution in [2.45, 2.75) is 0 Å². The quantitative estimate of drug-likeness (QED) is 0.404. The first kappa shape index (κ1) is 14.3. The lowest BCUT2D eigenvalue weighted by molar-refractivity contribution is -0.578. The molecule has 15 heavy (non-hydrogen) atoms. The van der Waals surface area contributed by atoms with E-state index in [1.54, 1.807) is 4.57 Å². The number of rotatable bonds is 3. The number of pyridine rings is 1. The Morgan fingerprint density at radius 2 is 1.93 bits per heavy atom. The molecule has 0 aliphatic rings. The largest absolute Gasteiger partial charge is 1.00 e. The van der Waals surface area contributed by atoms with Gasteiger partial charge in [0.1, 0.15) is 0 Å². The van der Waals surface area contributed by atoms with Crippen LogP contribution in [0.4, 0.5) is 0 Å². The van der Waals surface area contributed by atoms with Gasteiger partial charge in [-0.2, -0.15) is 9.83 Å². The van der Waals surface area contributed by atoms with Crippen LogP contribution in [0.25, 0.3) is 5.70 Å². The van der Waals surface area contributed by atoms with Gasteiger partial charge in [0.25, 0.3) is 0 Å². The summed E-state index contributed by atoms with van der Waals surface area (Å²) >= 11 is 1.52. The molecule has 1 aromatic rings. The number of thioether (sulfide) groups is 1. The highest BCUT2D eigenvalue weighted by molar-refractivity contribution is 8.02. The van der Waals surface area contributed by atoms with Gasteiger partial charge in [0.05, 0.1) is 0 Å². The summed E-state index contributed by atoms with van der Waals surface area (Å²) in [7, 11) is 1.81. The van der Waals surface area contributed by atoms with Gasteiger partial charge >= 0.3 is 5.70 Å². The van der Waals surface area contributed by atoms with Crippen molar-refractivity contribution in [2.24, 2.45) is 0 Å². The third kappa shape index (κ3) is 3.72. The summed E-state index contributed by atoms with van der Waals surface area (Å²) in [5, 5.41) is 12.9. The number of nitrogens with zero attached hydrogens (tertiary/aromatic N) is 2. The monoisotopic (exact) mass is 333 g/mol. The Morgan fingerprint density at radius 1 is 1.33 bits per heavy atom. The standard InChI is InChI=1S/C10H12N3S.HI/c1-12-10(14-2)9(8-11)13-6-4-3-5-7-13;/h3-7,12H,1-2H3;1H/q+1;/p-1. The number of nitrogens with one attached hydrogen (secondary N) is 1. The van der Waals surface area contributed by atoms with Crippen LogP contribution in [0.1, 0.15) is 0 Å². The molecular formula is C10H12IN3S. The van der Waals surface area contributed by atoms with Gasteiger partial charge < -0.3 is 29.3 Å². The molecule has 1 aromatic heterocycles. The minimum atomic E-state index is 0. The first-order chi connectivity index (χ1) is 6.83. The molecule has 1 rings (SSSR count). The third-order valence-electron chi connectivity index (χ3n) is 1.73. The average molecular weight is 333 g/mol. The van der Waals surface area contributed by atoms with Crippen molar-refractivity contribution in [3.05, 3.63) is 35.6 Å². The van der Waals surface area contributed by atoms with Crippen molar-refractivity contribution in [1.29, 1.82) is 5.26 Å². The number of hydrogen-bond donors (Lipinski definition) is 1. The van der Waals surface area contributed by atoms with Crippen LogP contribution in [0.3, 0.4) is 0 Å². The highest BCUT2D eigenvalue weighted by atomic mass is 127. The first-order valence-corrected chi connectivity index (χ1v) is 5.38. The van der Waals surface area contributed by atoms with E-state index in [2.05, 4.69) is 11.4 Å². The van der Waals surface area contributed by atoms with E-state index in [0.717, 1.165) is 5.03 Å². The van der Waals surface area contributed by atoms with Crippen LogP contribution >= 0.6 is 11.8 Å². The van der Waals surface area contributed by atoms with E-state index in [4.69, 9.17) is 5.26 Å². The van der Waals surface area contributed by atoms with Crippen LogP contribution in [-0.4, -0.2) is 13.3 Å². The molecule has 0 atom stereocenters. The summed E-state index contributed by atoms with van der Waals surface area (Å²) in [6.45, 7) is 0. The molecule has 0 saturated heterocycles. The number of allylic oxidation sites excluding steroid dienone is 1. The lowest BCUT2D eigenvalue weighted by atomic mass is 10.4. The summed E-state index contributed by atoms with van der Waals surface area (Å²) in [5.41, 5.74) is 0.612. The van der Waals surface area contributed by atoms with E-state index in [1.807, 2.05) is 43.9 Å². The SMILES string of the molecule is CNC(SC)=C(C#N)[n+]1ccccc1.[I-]. The summed E-state index contributed by atoms with van der Waals surface area (Å²) in [6, 6.07) is 7.89. The number of nitriles is 1. The summed E-state index contributed by atoms with van der Waals surface area (Å²) in [6.07, 6.45) is 5.64. The van der Waals surface area contributed by atoms with Crippen LogP contribution in [0.15, 0.2) is 35.6 Å². The lowest BCUT2D eigenvalue weighted by Crippen LogP contribution is -3.00. The molecule has 0 fully saturated rings. The number of aromatic nitrogens is 1. The molecule has 0 unspecified atom stereocenters. The molecule has 1 heterocycles. The van der Waals surface area contributed by atoms with Crippen molar-refractivity contribution < 1.29 is 28.5 Å². The van der Waals surface area contributed by atoms with E-state index in [-0.39, 0.29) is 24.0 Å². The summed E-state index contributed by atoms with van der Waals surface area (Å²) in [5.74, 6) is 0. The predicted molar refractivity (Wildman–Crippen MR) is 58.0 cm³/mol. The third-order valence-corrected chi connectivity index (χ3v) is 2.53. The fourth-order valence-electron chi connectivity index (χ4n) is 1.09. The second-order valence-corrected chi connectivity index (χ2v) is 3.34. The Labute approximate surface area is 111 Å². The molecule has 0 bridgehead atoms. The van der Waals surface area contributed by atoms with Crippen LogP contribution in [0.5, 0.6) is 0 Å². The molecule has 3 nitrogen and oxygen atoms in total. The molecule has 0 radical (unpaired) electrons. The fourth-order valence-corrected chi connectivity index (χ4v) is 1.64. The molecule has 5 heteroatoms. The Balaban J connectivity index is 0.00000196. The van der Waals surface area contributed by atoms with Crippen molar-refractivity contribution in [2.75, 3.05) is 13.3 Å². The Bertz CT molecular complexity index is 364. The maximum absolute atomic E-state index is 9.03. The van der Waals surface area contributed by atoms with E-state index in [1.165, 1.54) is 11.8 Å². The molecule has 1 N–H and O–H groups in total. The van der Waals surface area contributed by atoms with Crippen molar-refractivity contribution in [1.82, 2.24) is 5.32 Å².